The number of aryl methyl sites for hydroxylation is 2. The van der Waals surface area contributed by atoms with Crippen LogP contribution in [0.1, 0.15) is 34.8 Å². The number of carbonyl (C=O) groups is 2. The van der Waals surface area contributed by atoms with Crippen molar-refractivity contribution in [2.24, 2.45) is 5.73 Å². The zero-order valence-corrected chi connectivity index (χ0v) is 15.7. The maximum atomic E-state index is 12.3. The van der Waals surface area contributed by atoms with E-state index in [2.05, 4.69) is 10.6 Å². The van der Waals surface area contributed by atoms with Crippen molar-refractivity contribution >= 4 is 23.4 Å². The van der Waals surface area contributed by atoms with E-state index in [0.29, 0.717) is 23.6 Å². The van der Waals surface area contributed by atoms with Crippen LogP contribution in [0.25, 0.3) is 0 Å². The molecule has 1 rings (SSSR count). The highest BCUT2D eigenvalue weighted by atomic mass is 35.5. The highest BCUT2D eigenvalue weighted by Gasteiger charge is 2.13. The lowest BCUT2D eigenvalue weighted by molar-refractivity contribution is -0.120. The summed E-state index contributed by atoms with van der Waals surface area (Å²) in [5, 5.41) is 6.27. The number of hydrogen-bond acceptors (Lipinski definition) is 3. The number of nitrogens with one attached hydrogen (secondary N) is 2. The van der Waals surface area contributed by atoms with Gasteiger partial charge in [-0.1, -0.05) is 40.9 Å². The van der Waals surface area contributed by atoms with Crippen LogP contribution in [-0.2, 0) is 4.79 Å². The first-order valence-electron chi connectivity index (χ1n) is 8.20. The van der Waals surface area contributed by atoms with E-state index < -0.39 is 0 Å². The molecule has 0 aliphatic heterocycles. The minimum atomic E-state index is -0.267. The molecular formula is C19H26ClN3O2. The average molecular weight is 364 g/mol. The van der Waals surface area contributed by atoms with Gasteiger partial charge >= 0.3 is 0 Å². The Labute approximate surface area is 154 Å². The molecule has 6 heteroatoms. The summed E-state index contributed by atoms with van der Waals surface area (Å²) >= 11 is 5.92. The lowest BCUT2D eigenvalue weighted by Crippen LogP contribution is -2.45. The summed E-state index contributed by atoms with van der Waals surface area (Å²) in [6.07, 6.45) is 5.91. The van der Waals surface area contributed by atoms with Gasteiger partial charge in [0.2, 0.25) is 5.91 Å². The Kier molecular flexibility index (Phi) is 8.95. The van der Waals surface area contributed by atoms with Crippen LogP contribution in [0.4, 0.5) is 0 Å². The smallest absolute Gasteiger partial charge is 0.251 e. The third kappa shape index (κ3) is 8.01. The van der Waals surface area contributed by atoms with Crippen LogP contribution < -0.4 is 16.4 Å². The Morgan fingerprint density at radius 1 is 1.24 bits per heavy atom. The predicted molar refractivity (Wildman–Crippen MR) is 103 cm³/mol. The molecular weight excluding hydrogens is 338 g/mol. The molecule has 1 atom stereocenters. The fourth-order valence-corrected chi connectivity index (χ4v) is 2.43. The summed E-state index contributed by atoms with van der Waals surface area (Å²) in [4.78, 5) is 23.9. The van der Waals surface area contributed by atoms with E-state index in [1.54, 1.807) is 12.2 Å². The maximum Gasteiger partial charge on any atom is 0.251 e. The predicted octanol–water partition coefficient (Wildman–Crippen LogP) is 2.57. The second-order valence-electron chi connectivity index (χ2n) is 5.87. The quantitative estimate of drug-likeness (QED) is 0.620. The van der Waals surface area contributed by atoms with Gasteiger partial charge in [0.1, 0.15) is 0 Å². The topological polar surface area (TPSA) is 84.2 Å². The van der Waals surface area contributed by atoms with Crippen LogP contribution in [0.5, 0.6) is 0 Å². The number of rotatable bonds is 8. The lowest BCUT2D eigenvalue weighted by atomic mass is 10.1. The van der Waals surface area contributed by atoms with E-state index >= 15 is 0 Å². The van der Waals surface area contributed by atoms with Crippen molar-refractivity contribution in [3.63, 3.8) is 0 Å². The Morgan fingerprint density at radius 2 is 1.88 bits per heavy atom. The molecule has 4 N–H and O–H groups in total. The summed E-state index contributed by atoms with van der Waals surface area (Å²) in [7, 11) is 0. The number of amides is 2. The van der Waals surface area contributed by atoms with E-state index in [4.69, 9.17) is 17.3 Å². The zero-order valence-electron chi connectivity index (χ0n) is 14.9. The average Bonchev–Trinajstić information content (AvgIpc) is 2.57. The Morgan fingerprint density at radius 3 is 2.44 bits per heavy atom. The Balaban J connectivity index is 2.71. The molecule has 0 fully saturated rings. The summed E-state index contributed by atoms with van der Waals surface area (Å²) in [5.74, 6) is -0.439. The zero-order chi connectivity index (χ0) is 18.8. The van der Waals surface area contributed by atoms with Gasteiger partial charge < -0.3 is 16.4 Å². The van der Waals surface area contributed by atoms with Crippen molar-refractivity contribution in [2.75, 3.05) is 13.1 Å². The van der Waals surface area contributed by atoms with Gasteiger partial charge in [-0.3, -0.25) is 9.59 Å². The molecule has 1 aromatic rings. The number of benzene rings is 1. The van der Waals surface area contributed by atoms with Gasteiger partial charge in [0.25, 0.3) is 5.91 Å². The SMILES string of the molecule is C/C=C(Cl)/C=C\C[C@H](CNC(=O)c1cc(C)cc(C)c1)NC(=O)CN. The van der Waals surface area contributed by atoms with Crippen molar-refractivity contribution in [1.82, 2.24) is 10.6 Å². The van der Waals surface area contributed by atoms with Crippen LogP contribution >= 0.6 is 11.6 Å². The Hall–Kier alpha value is -2.11. The molecule has 0 unspecified atom stereocenters. The fourth-order valence-electron chi connectivity index (χ4n) is 2.34. The van der Waals surface area contributed by atoms with Crippen molar-refractivity contribution in [2.45, 2.75) is 33.2 Å². The van der Waals surface area contributed by atoms with E-state index in [1.165, 1.54) is 0 Å². The number of allylic oxidation sites excluding steroid dienone is 3. The molecule has 2 amide bonds. The van der Waals surface area contributed by atoms with Crippen molar-refractivity contribution < 1.29 is 9.59 Å². The van der Waals surface area contributed by atoms with Crippen LogP contribution in [0, 0.1) is 13.8 Å². The van der Waals surface area contributed by atoms with E-state index in [9.17, 15) is 9.59 Å². The van der Waals surface area contributed by atoms with Gasteiger partial charge in [0.15, 0.2) is 0 Å². The number of hydrogen-bond donors (Lipinski definition) is 3. The fraction of sp³-hybridized carbons (Fsp3) is 0.368. The summed E-state index contributed by atoms with van der Waals surface area (Å²) in [5.41, 5.74) is 8.02. The molecule has 5 nitrogen and oxygen atoms in total. The molecule has 0 bridgehead atoms. The molecule has 136 valence electrons. The van der Waals surface area contributed by atoms with Gasteiger partial charge in [-0.25, -0.2) is 0 Å². The van der Waals surface area contributed by atoms with Gasteiger partial charge in [-0.2, -0.15) is 0 Å². The lowest BCUT2D eigenvalue weighted by Gasteiger charge is -2.18. The second kappa shape index (κ2) is 10.7. The standard InChI is InChI=1S/C19H26ClN3O2/c1-4-16(20)6-5-7-17(23-18(24)11-21)12-22-19(25)15-9-13(2)8-14(3)10-15/h4-6,8-10,17H,7,11-12,21H2,1-3H3,(H,22,25)(H,23,24)/b6-5-,16-4-/t17-/m1/s1. The molecule has 0 aliphatic carbocycles. The molecule has 0 saturated carbocycles. The first-order valence-corrected chi connectivity index (χ1v) is 8.57. The first kappa shape index (κ1) is 20.9. The first-order chi connectivity index (χ1) is 11.8. The number of carbonyl (C=O) groups excluding carboxylic acids is 2. The van der Waals surface area contributed by atoms with Gasteiger partial charge in [-0.05, 0) is 45.4 Å². The molecule has 0 aromatic heterocycles. The molecule has 25 heavy (non-hydrogen) atoms. The molecule has 1 aromatic carbocycles. The highest BCUT2D eigenvalue weighted by Crippen LogP contribution is 2.09. The molecule has 0 saturated heterocycles. The van der Waals surface area contributed by atoms with Crippen molar-refractivity contribution in [3.8, 4) is 0 Å². The largest absolute Gasteiger partial charge is 0.350 e. The van der Waals surface area contributed by atoms with Crippen LogP contribution in [0.2, 0.25) is 0 Å². The minimum absolute atomic E-state index is 0.0964. The van der Waals surface area contributed by atoms with Gasteiger partial charge in [-0.15, -0.1) is 0 Å². The third-order valence-corrected chi connectivity index (χ3v) is 3.86. The third-order valence-electron chi connectivity index (χ3n) is 3.52. The summed E-state index contributed by atoms with van der Waals surface area (Å²) in [6.45, 7) is 5.94. The van der Waals surface area contributed by atoms with Crippen LogP contribution in [0.3, 0.4) is 0 Å². The molecule has 0 radical (unpaired) electrons. The van der Waals surface area contributed by atoms with E-state index in [-0.39, 0.29) is 24.4 Å². The van der Waals surface area contributed by atoms with Crippen LogP contribution in [0.15, 0.2) is 41.5 Å². The number of halogens is 1. The number of nitrogens with two attached hydrogens (primary N) is 1. The van der Waals surface area contributed by atoms with Crippen molar-refractivity contribution in [3.05, 3.63) is 58.1 Å². The molecule has 0 spiro atoms. The second-order valence-corrected chi connectivity index (χ2v) is 6.30. The van der Waals surface area contributed by atoms with Gasteiger partial charge in [0.05, 0.1) is 6.54 Å². The highest BCUT2D eigenvalue weighted by molar-refractivity contribution is 6.31. The van der Waals surface area contributed by atoms with E-state index in [0.717, 1.165) is 11.1 Å². The normalized spacial score (nSPS) is 12.9. The monoisotopic (exact) mass is 363 g/mol. The molecule has 0 aliphatic rings. The maximum absolute atomic E-state index is 12.3. The van der Waals surface area contributed by atoms with E-state index in [1.807, 2.05) is 45.0 Å². The minimum Gasteiger partial charge on any atom is -0.350 e. The molecule has 0 heterocycles. The van der Waals surface area contributed by atoms with Gasteiger partial charge in [0, 0.05) is 23.2 Å². The summed E-state index contributed by atoms with van der Waals surface area (Å²) < 4.78 is 0. The van der Waals surface area contributed by atoms with Crippen molar-refractivity contribution in [1.29, 1.82) is 0 Å². The Bertz CT molecular complexity index is 648. The van der Waals surface area contributed by atoms with Crippen LogP contribution in [-0.4, -0.2) is 30.9 Å². The summed E-state index contributed by atoms with van der Waals surface area (Å²) in [6, 6.07) is 5.42.